The summed E-state index contributed by atoms with van der Waals surface area (Å²) in [6.45, 7) is 7.38. The molecule has 124 valence electrons. The van der Waals surface area contributed by atoms with Crippen molar-refractivity contribution in [2.24, 2.45) is 5.92 Å². The van der Waals surface area contributed by atoms with Crippen LogP contribution in [0, 0.1) is 5.92 Å². The fraction of sp³-hybridized carbons (Fsp3) is 0.368. The maximum Gasteiger partial charge on any atom is 0.407 e. The lowest BCUT2D eigenvalue weighted by molar-refractivity contribution is 0.174. The van der Waals surface area contributed by atoms with E-state index in [4.69, 9.17) is 20.5 Å². The Balaban J connectivity index is 2.48. The average molecular weight is 349 g/mol. The lowest BCUT2D eigenvalue weighted by Gasteiger charge is -2.32. The highest BCUT2D eigenvalue weighted by Gasteiger charge is 2.43. The number of hydrogen-bond acceptors (Lipinski definition) is 2. The molecule has 0 heterocycles. The van der Waals surface area contributed by atoms with E-state index in [0.29, 0.717) is 19.1 Å². The van der Waals surface area contributed by atoms with Crippen LogP contribution in [-0.4, -0.2) is 27.2 Å². The molecule has 1 unspecified atom stereocenters. The Bertz CT molecular complexity index is 519. The number of hydrogen-bond donors (Lipinski definition) is 0. The van der Waals surface area contributed by atoms with Crippen LogP contribution in [0.3, 0.4) is 0 Å². The van der Waals surface area contributed by atoms with Crippen molar-refractivity contribution in [2.75, 3.05) is 13.2 Å². The van der Waals surface area contributed by atoms with Gasteiger partial charge in [-0.2, -0.15) is 0 Å². The zero-order valence-corrected chi connectivity index (χ0v) is 15.8. The van der Waals surface area contributed by atoms with Crippen molar-refractivity contribution in [3.63, 3.8) is 0 Å². The predicted octanol–water partition coefficient (Wildman–Crippen LogP) is 3.56. The Morgan fingerprint density at radius 2 is 1.22 bits per heavy atom. The molecule has 0 fully saturated rings. The van der Waals surface area contributed by atoms with Crippen LogP contribution in [0.15, 0.2) is 60.7 Å². The van der Waals surface area contributed by atoms with Gasteiger partial charge in [-0.3, -0.25) is 0 Å². The molecule has 0 aliphatic rings. The van der Waals surface area contributed by atoms with E-state index in [-0.39, 0.29) is 5.38 Å². The number of halogens is 1. The SMILES string of the molecule is CC(C)CO[Si](OCC(C)Cl)(c1ccccc1)c1ccccc1. The van der Waals surface area contributed by atoms with Gasteiger partial charge in [0.15, 0.2) is 0 Å². The Labute approximate surface area is 145 Å². The molecule has 0 aliphatic carbocycles. The van der Waals surface area contributed by atoms with Crippen molar-refractivity contribution in [1.29, 1.82) is 0 Å². The van der Waals surface area contributed by atoms with Crippen molar-refractivity contribution in [1.82, 2.24) is 0 Å². The van der Waals surface area contributed by atoms with E-state index in [0.717, 1.165) is 10.4 Å². The molecule has 0 saturated carbocycles. The minimum atomic E-state index is -2.76. The third-order valence-corrected chi connectivity index (χ3v) is 6.90. The lowest BCUT2D eigenvalue weighted by atomic mass is 10.2. The van der Waals surface area contributed by atoms with Crippen molar-refractivity contribution in [3.05, 3.63) is 60.7 Å². The minimum absolute atomic E-state index is 0.0584. The van der Waals surface area contributed by atoms with E-state index in [9.17, 15) is 0 Å². The topological polar surface area (TPSA) is 18.5 Å². The molecule has 2 rings (SSSR count). The minimum Gasteiger partial charge on any atom is -0.387 e. The third kappa shape index (κ3) is 4.92. The largest absolute Gasteiger partial charge is 0.407 e. The average Bonchev–Trinajstić information content (AvgIpc) is 2.56. The monoisotopic (exact) mass is 348 g/mol. The van der Waals surface area contributed by atoms with Crippen molar-refractivity contribution in [2.45, 2.75) is 26.1 Å². The maximum absolute atomic E-state index is 6.47. The van der Waals surface area contributed by atoms with Crippen molar-refractivity contribution in [3.8, 4) is 0 Å². The van der Waals surface area contributed by atoms with Gasteiger partial charge in [0.25, 0.3) is 0 Å². The van der Waals surface area contributed by atoms with Gasteiger partial charge in [-0.05, 0) is 23.2 Å². The highest BCUT2D eigenvalue weighted by molar-refractivity contribution is 6.92. The molecular formula is C19H25ClO2Si. The fourth-order valence-corrected chi connectivity index (χ4v) is 5.94. The molecule has 0 amide bonds. The molecule has 0 N–H and O–H groups in total. The summed E-state index contributed by atoms with van der Waals surface area (Å²) in [5.74, 6) is 0.436. The van der Waals surface area contributed by atoms with Crippen LogP contribution in [0.25, 0.3) is 0 Å². The van der Waals surface area contributed by atoms with Crippen molar-refractivity contribution < 1.29 is 8.85 Å². The zero-order valence-electron chi connectivity index (χ0n) is 14.0. The molecule has 2 aromatic rings. The van der Waals surface area contributed by atoms with Crippen molar-refractivity contribution >= 4 is 30.5 Å². The van der Waals surface area contributed by atoms with Gasteiger partial charge in [-0.1, -0.05) is 74.5 Å². The molecule has 0 bridgehead atoms. The fourth-order valence-electron chi connectivity index (χ4n) is 2.37. The number of rotatable bonds is 8. The second kappa shape index (κ2) is 8.64. The summed E-state index contributed by atoms with van der Waals surface area (Å²) >= 11 is 6.16. The first-order chi connectivity index (χ1) is 11.0. The van der Waals surface area contributed by atoms with Crippen LogP contribution in [0.2, 0.25) is 0 Å². The highest BCUT2D eigenvalue weighted by atomic mass is 35.5. The zero-order chi connectivity index (χ0) is 16.7. The molecule has 0 radical (unpaired) electrons. The molecule has 0 aliphatic heterocycles. The Morgan fingerprint density at radius 3 is 1.61 bits per heavy atom. The Kier molecular flexibility index (Phi) is 6.84. The Morgan fingerprint density at radius 1 is 0.783 bits per heavy atom. The normalized spacial score (nSPS) is 13.3. The van der Waals surface area contributed by atoms with E-state index in [2.05, 4.69) is 38.1 Å². The summed E-state index contributed by atoms with van der Waals surface area (Å²) in [4.78, 5) is 0. The first-order valence-corrected chi connectivity index (χ1v) is 10.3. The second-order valence-electron chi connectivity index (χ2n) is 6.15. The molecule has 2 aromatic carbocycles. The summed E-state index contributed by atoms with van der Waals surface area (Å²) in [6.07, 6.45) is 0. The molecule has 4 heteroatoms. The van der Waals surface area contributed by atoms with E-state index >= 15 is 0 Å². The Hall–Kier alpha value is -1.13. The van der Waals surface area contributed by atoms with Crippen LogP contribution < -0.4 is 10.4 Å². The summed E-state index contributed by atoms with van der Waals surface area (Å²) in [6, 6.07) is 20.5. The first kappa shape index (κ1) is 18.2. The molecular weight excluding hydrogens is 324 g/mol. The van der Waals surface area contributed by atoms with Crippen LogP contribution in [0.4, 0.5) is 0 Å². The summed E-state index contributed by atoms with van der Waals surface area (Å²) in [5.41, 5.74) is 0. The van der Waals surface area contributed by atoms with Gasteiger partial charge in [-0.25, -0.2) is 0 Å². The van der Waals surface area contributed by atoms with Gasteiger partial charge in [0, 0.05) is 6.61 Å². The standard InChI is InChI=1S/C19H25ClO2Si/c1-16(2)14-21-23(22-15-17(3)20,18-10-6-4-7-11-18)19-12-8-5-9-13-19/h4-13,16-17H,14-15H2,1-3H3. The van der Waals surface area contributed by atoms with Gasteiger partial charge in [0.1, 0.15) is 0 Å². The van der Waals surface area contributed by atoms with E-state index in [1.165, 1.54) is 0 Å². The maximum atomic E-state index is 6.47. The predicted molar refractivity (Wildman–Crippen MR) is 100.0 cm³/mol. The highest BCUT2D eigenvalue weighted by Crippen LogP contribution is 2.13. The number of alkyl halides is 1. The van der Waals surface area contributed by atoms with Crippen LogP contribution in [0.1, 0.15) is 20.8 Å². The van der Waals surface area contributed by atoms with Gasteiger partial charge < -0.3 is 8.85 Å². The molecule has 0 spiro atoms. The molecule has 1 atom stereocenters. The smallest absolute Gasteiger partial charge is 0.387 e. The molecule has 23 heavy (non-hydrogen) atoms. The molecule has 0 saturated heterocycles. The first-order valence-electron chi connectivity index (χ1n) is 8.07. The summed E-state index contributed by atoms with van der Waals surface area (Å²) < 4.78 is 12.9. The van der Waals surface area contributed by atoms with Gasteiger partial charge in [-0.15, -0.1) is 11.6 Å². The van der Waals surface area contributed by atoms with Gasteiger partial charge in [0.05, 0.1) is 12.0 Å². The summed E-state index contributed by atoms with van der Waals surface area (Å²) in [5, 5.41) is 2.17. The molecule has 2 nitrogen and oxygen atoms in total. The molecule has 0 aromatic heterocycles. The van der Waals surface area contributed by atoms with Crippen LogP contribution in [0.5, 0.6) is 0 Å². The van der Waals surface area contributed by atoms with E-state index < -0.39 is 8.56 Å². The number of benzene rings is 2. The summed E-state index contributed by atoms with van der Waals surface area (Å²) in [7, 11) is -2.76. The van der Waals surface area contributed by atoms with Gasteiger partial charge in [0.2, 0.25) is 0 Å². The third-order valence-electron chi connectivity index (χ3n) is 3.44. The van der Waals surface area contributed by atoms with E-state index in [1.54, 1.807) is 0 Å². The van der Waals surface area contributed by atoms with E-state index in [1.807, 2.05) is 43.3 Å². The van der Waals surface area contributed by atoms with Gasteiger partial charge >= 0.3 is 8.56 Å². The second-order valence-corrected chi connectivity index (χ2v) is 9.86. The van der Waals surface area contributed by atoms with Crippen LogP contribution >= 0.6 is 11.6 Å². The lowest BCUT2D eigenvalue weighted by Crippen LogP contribution is -2.64. The quantitative estimate of drug-likeness (QED) is 0.536. The van der Waals surface area contributed by atoms with Crippen LogP contribution in [-0.2, 0) is 8.85 Å².